The first-order valence-corrected chi connectivity index (χ1v) is 9.86. The molecule has 3 amide bonds. The summed E-state index contributed by atoms with van der Waals surface area (Å²) in [5.74, 6) is -0.627. The van der Waals surface area contributed by atoms with Crippen LogP contribution in [0.4, 0.5) is 4.79 Å². The van der Waals surface area contributed by atoms with Crippen LogP contribution in [0.15, 0.2) is 18.2 Å². The van der Waals surface area contributed by atoms with Gasteiger partial charge in [0.15, 0.2) is 0 Å². The Morgan fingerprint density at radius 2 is 2.07 bits per heavy atom. The van der Waals surface area contributed by atoms with E-state index in [9.17, 15) is 19.5 Å². The van der Waals surface area contributed by atoms with Crippen LogP contribution in [0.5, 0.6) is 0 Å². The number of aromatic nitrogens is 2. The standard InChI is InChI=1S/C19H21ClN4O5/c20-12-3-4-13-14(9-12)23(7-8-25)15(21-13)11-29-16(26)10-24-17(27)19(22-18(24)28)5-1-2-6-19/h3-4,9,25H,1-2,5-8,10-11H2,(H,22,28). The average molecular weight is 421 g/mol. The van der Waals surface area contributed by atoms with Gasteiger partial charge in [0.05, 0.1) is 17.6 Å². The zero-order valence-corrected chi connectivity index (χ0v) is 16.4. The number of urea groups is 1. The second kappa shape index (κ2) is 7.64. The number of hydrogen-bond donors (Lipinski definition) is 2. The van der Waals surface area contributed by atoms with E-state index in [-0.39, 0.29) is 25.7 Å². The predicted molar refractivity (Wildman–Crippen MR) is 103 cm³/mol. The molecule has 1 saturated heterocycles. The van der Waals surface area contributed by atoms with E-state index in [1.807, 2.05) is 0 Å². The number of ether oxygens (including phenoxy) is 1. The SMILES string of the molecule is O=C(CN1C(=O)NC2(CCCC2)C1=O)OCc1nc2ccc(Cl)cc2n1CCO. The normalized spacial score (nSPS) is 18.1. The monoisotopic (exact) mass is 420 g/mol. The van der Waals surface area contributed by atoms with E-state index in [1.54, 1.807) is 22.8 Å². The van der Waals surface area contributed by atoms with Gasteiger partial charge in [-0.15, -0.1) is 0 Å². The van der Waals surface area contributed by atoms with Crippen molar-refractivity contribution in [1.29, 1.82) is 0 Å². The minimum Gasteiger partial charge on any atom is -0.456 e. The van der Waals surface area contributed by atoms with Crippen molar-refractivity contribution in [2.45, 2.75) is 44.4 Å². The number of nitrogens with zero attached hydrogens (tertiary/aromatic N) is 3. The van der Waals surface area contributed by atoms with Gasteiger partial charge in [-0.1, -0.05) is 24.4 Å². The number of carbonyl (C=O) groups excluding carboxylic acids is 3. The zero-order chi connectivity index (χ0) is 20.6. The average Bonchev–Trinajstić information content (AvgIpc) is 3.35. The summed E-state index contributed by atoms with van der Waals surface area (Å²) in [6.07, 6.45) is 2.93. The van der Waals surface area contributed by atoms with E-state index in [4.69, 9.17) is 16.3 Å². The fourth-order valence-corrected chi connectivity index (χ4v) is 4.23. The molecular formula is C19H21ClN4O5. The van der Waals surface area contributed by atoms with E-state index >= 15 is 0 Å². The molecule has 1 aromatic carbocycles. The number of rotatable bonds is 6. The van der Waals surface area contributed by atoms with Gasteiger partial charge in [0.25, 0.3) is 5.91 Å². The number of benzene rings is 1. The highest BCUT2D eigenvalue weighted by atomic mass is 35.5. The van der Waals surface area contributed by atoms with Crippen molar-refractivity contribution in [2.75, 3.05) is 13.2 Å². The molecule has 1 saturated carbocycles. The summed E-state index contributed by atoms with van der Waals surface area (Å²) in [5, 5.41) is 12.6. The summed E-state index contributed by atoms with van der Waals surface area (Å²) in [6, 6.07) is 4.60. The van der Waals surface area contributed by atoms with E-state index in [0.717, 1.165) is 23.3 Å². The molecule has 2 aliphatic rings. The molecule has 154 valence electrons. The zero-order valence-electron chi connectivity index (χ0n) is 15.7. The van der Waals surface area contributed by atoms with Crippen molar-refractivity contribution in [3.8, 4) is 0 Å². The van der Waals surface area contributed by atoms with Gasteiger partial charge in [0.1, 0.15) is 24.5 Å². The van der Waals surface area contributed by atoms with Crippen LogP contribution in [0.25, 0.3) is 11.0 Å². The number of aliphatic hydroxyl groups is 1. The molecule has 2 heterocycles. The number of imidazole rings is 1. The van der Waals surface area contributed by atoms with Gasteiger partial charge >= 0.3 is 12.0 Å². The summed E-state index contributed by atoms with van der Waals surface area (Å²) in [4.78, 5) is 42.4. The second-order valence-electron chi connectivity index (χ2n) is 7.31. The molecule has 29 heavy (non-hydrogen) atoms. The third-order valence-electron chi connectivity index (χ3n) is 5.47. The summed E-state index contributed by atoms with van der Waals surface area (Å²) < 4.78 is 6.99. The molecule has 1 aliphatic heterocycles. The maximum absolute atomic E-state index is 12.6. The van der Waals surface area contributed by atoms with Gasteiger partial charge in [-0.25, -0.2) is 9.78 Å². The van der Waals surface area contributed by atoms with Crippen LogP contribution in [0.3, 0.4) is 0 Å². The van der Waals surface area contributed by atoms with Gasteiger partial charge in [-0.05, 0) is 31.0 Å². The highest BCUT2D eigenvalue weighted by Gasteiger charge is 2.52. The van der Waals surface area contributed by atoms with Crippen molar-refractivity contribution < 1.29 is 24.2 Å². The quantitative estimate of drug-likeness (QED) is 0.542. The number of carbonyl (C=O) groups is 3. The molecule has 2 N–H and O–H groups in total. The van der Waals surface area contributed by atoms with Gasteiger partial charge < -0.3 is 19.7 Å². The maximum atomic E-state index is 12.6. The first-order chi connectivity index (χ1) is 13.9. The molecule has 9 nitrogen and oxygen atoms in total. The van der Waals surface area contributed by atoms with Crippen LogP contribution in [0.2, 0.25) is 5.02 Å². The van der Waals surface area contributed by atoms with Crippen LogP contribution >= 0.6 is 11.6 Å². The van der Waals surface area contributed by atoms with Crippen molar-refractivity contribution in [2.24, 2.45) is 0 Å². The van der Waals surface area contributed by atoms with Crippen LogP contribution in [-0.2, 0) is 27.5 Å². The molecule has 2 fully saturated rings. The molecule has 2 aromatic rings. The van der Waals surface area contributed by atoms with Crippen LogP contribution in [0.1, 0.15) is 31.5 Å². The number of fused-ring (bicyclic) bond motifs is 1. The maximum Gasteiger partial charge on any atom is 0.326 e. The third-order valence-corrected chi connectivity index (χ3v) is 5.70. The first kappa shape index (κ1) is 19.7. The van der Waals surface area contributed by atoms with Crippen molar-refractivity contribution in [3.05, 3.63) is 29.0 Å². The van der Waals surface area contributed by atoms with Crippen molar-refractivity contribution in [1.82, 2.24) is 19.8 Å². The Labute approximate surface area is 171 Å². The van der Waals surface area contributed by atoms with Crippen LogP contribution in [-0.4, -0.2) is 56.2 Å². The predicted octanol–water partition coefficient (Wildman–Crippen LogP) is 1.59. The molecule has 10 heteroatoms. The number of esters is 1. The lowest BCUT2D eigenvalue weighted by Gasteiger charge is -2.19. The van der Waals surface area contributed by atoms with E-state index < -0.39 is 24.1 Å². The smallest absolute Gasteiger partial charge is 0.326 e. The van der Waals surface area contributed by atoms with Crippen molar-refractivity contribution in [3.63, 3.8) is 0 Å². The molecule has 1 aliphatic carbocycles. The summed E-state index contributed by atoms with van der Waals surface area (Å²) in [6.45, 7) is -0.457. The summed E-state index contributed by atoms with van der Waals surface area (Å²) in [7, 11) is 0. The molecule has 4 rings (SSSR count). The molecule has 0 atom stereocenters. The molecular weight excluding hydrogens is 400 g/mol. The van der Waals surface area contributed by atoms with Gasteiger partial charge in [-0.2, -0.15) is 0 Å². The van der Waals surface area contributed by atoms with E-state index in [2.05, 4.69) is 10.3 Å². The highest BCUT2D eigenvalue weighted by Crippen LogP contribution is 2.35. The first-order valence-electron chi connectivity index (χ1n) is 9.49. The molecule has 1 aromatic heterocycles. The number of hydrogen-bond acceptors (Lipinski definition) is 6. The molecule has 0 unspecified atom stereocenters. The van der Waals surface area contributed by atoms with Gasteiger partial charge in [0, 0.05) is 11.6 Å². The third kappa shape index (κ3) is 3.56. The summed E-state index contributed by atoms with van der Waals surface area (Å²) >= 11 is 6.04. The fraction of sp³-hybridized carbons (Fsp3) is 0.474. The number of halogens is 1. The Balaban J connectivity index is 1.44. The Hall–Kier alpha value is -2.65. The number of imide groups is 1. The van der Waals surface area contributed by atoms with Gasteiger partial charge in [0.2, 0.25) is 0 Å². The van der Waals surface area contributed by atoms with E-state index in [0.29, 0.717) is 29.2 Å². The molecule has 0 radical (unpaired) electrons. The lowest BCUT2D eigenvalue weighted by Crippen LogP contribution is -2.44. The fourth-order valence-electron chi connectivity index (χ4n) is 4.06. The Morgan fingerprint density at radius 1 is 1.31 bits per heavy atom. The topological polar surface area (TPSA) is 114 Å². The number of nitrogens with one attached hydrogen (secondary N) is 1. The summed E-state index contributed by atoms with van der Waals surface area (Å²) in [5.41, 5.74) is 0.521. The molecule has 1 spiro atoms. The number of aliphatic hydroxyl groups excluding tert-OH is 1. The largest absolute Gasteiger partial charge is 0.456 e. The Kier molecular flexibility index (Phi) is 5.18. The Morgan fingerprint density at radius 3 is 2.79 bits per heavy atom. The number of amides is 3. The Bertz CT molecular complexity index is 982. The van der Waals surface area contributed by atoms with Crippen LogP contribution in [0, 0.1) is 0 Å². The second-order valence-corrected chi connectivity index (χ2v) is 7.74. The van der Waals surface area contributed by atoms with Gasteiger partial charge in [-0.3, -0.25) is 14.5 Å². The molecule has 0 bridgehead atoms. The minimum atomic E-state index is -0.855. The van der Waals surface area contributed by atoms with Crippen LogP contribution < -0.4 is 5.32 Å². The van der Waals surface area contributed by atoms with Crippen molar-refractivity contribution >= 4 is 40.5 Å². The lowest BCUT2D eigenvalue weighted by molar-refractivity contribution is -0.149. The lowest BCUT2D eigenvalue weighted by atomic mass is 9.98. The van der Waals surface area contributed by atoms with E-state index in [1.165, 1.54) is 0 Å². The minimum absolute atomic E-state index is 0.122. The highest BCUT2D eigenvalue weighted by molar-refractivity contribution is 6.31.